The molecular formula is C34H37N7O5. The number of amides is 3. The topological polar surface area (TPSA) is 165 Å². The zero-order chi connectivity index (χ0) is 32.4. The summed E-state index contributed by atoms with van der Waals surface area (Å²) in [5, 5.41) is 24.3. The highest BCUT2D eigenvalue weighted by Gasteiger charge is 2.32. The van der Waals surface area contributed by atoms with Crippen molar-refractivity contribution in [3.8, 4) is 0 Å². The smallest absolute Gasteiger partial charge is 0.412 e. The van der Waals surface area contributed by atoms with Gasteiger partial charge in [0.15, 0.2) is 5.69 Å². The van der Waals surface area contributed by atoms with Gasteiger partial charge in [-0.05, 0) is 42.7 Å². The summed E-state index contributed by atoms with van der Waals surface area (Å²) >= 11 is 0. The van der Waals surface area contributed by atoms with Crippen LogP contribution in [-0.2, 0) is 11.3 Å². The van der Waals surface area contributed by atoms with E-state index in [0.29, 0.717) is 54.0 Å². The molecule has 4 aromatic rings. The van der Waals surface area contributed by atoms with Crippen LogP contribution in [0.4, 0.5) is 27.5 Å². The van der Waals surface area contributed by atoms with Gasteiger partial charge in [0.25, 0.3) is 5.91 Å². The van der Waals surface area contributed by atoms with E-state index in [1.165, 1.54) is 6.20 Å². The van der Waals surface area contributed by atoms with Gasteiger partial charge >= 0.3 is 6.09 Å². The number of aromatic nitrogens is 2. The molecule has 2 aliphatic heterocycles. The molecule has 2 aromatic heterocycles. The minimum atomic E-state index is -1.24. The molecule has 5 N–H and O–H groups in total. The fraction of sp³-hybridized carbons (Fsp3) is 0.324. The molecule has 0 spiro atoms. The van der Waals surface area contributed by atoms with Crippen LogP contribution in [0.2, 0.25) is 0 Å². The number of aliphatic hydroxyl groups is 1. The van der Waals surface area contributed by atoms with Crippen LogP contribution in [0.15, 0.2) is 73.1 Å². The Morgan fingerprint density at radius 1 is 1.09 bits per heavy atom. The molecule has 12 heteroatoms. The van der Waals surface area contributed by atoms with Gasteiger partial charge in [0, 0.05) is 55.3 Å². The monoisotopic (exact) mass is 623 g/mol. The summed E-state index contributed by atoms with van der Waals surface area (Å²) in [6.07, 6.45) is 3.46. The van der Waals surface area contributed by atoms with E-state index in [0.717, 1.165) is 23.3 Å². The fourth-order valence-corrected chi connectivity index (χ4v) is 6.24. The molecule has 2 aromatic carbocycles. The molecule has 12 nitrogen and oxygen atoms in total. The summed E-state index contributed by atoms with van der Waals surface area (Å²) in [4.78, 5) is 53.3. The van der Waals surface area contributed by atoms with Gasteiger partial charge < -0.3 is 31.1 Å². The number of aliphatic hydroxyl groups excluding tert-OH is 1. The molecule has 2 aliphatic rings. The number of rotatable bonds is 7. The third-order valence-corrected chi connectivity index (χ3v) is 8.68. The maximum absolute atomic E-state index is 14.1. The molecule has 2 saturated heterocycles. The Bertz CT molecular complexity index is 1760. The first-order chi connectivity index (χ1) is 22.2. The largest absolute Gasteiger partial charge is 0.465 e. The van der Waals surface area contributed by atoms with Crippen LogP contribution in [0.25, 0.3) is 10.9 Å². The Hall–Kier alpha value is -5.07. The average Bonchev–Trinajstić information content (AvgIpc) is 3.06. The van der Waals surface area contributed by atoms with Crippen molar-refractivity contribution >= 4 is 51.6 Å². The number of hydrogen-bond donors (Lipinski definition) is 4. The summed E-state index contributed by atoms with van der Waals surface area (Å²) in [5.74, 6) is -0.694. The lowest BCUT2D eigenvalue weighted by Gasteiger charge is -2.40. The second kappa shape index (κ2) is 13.1. The molecular weight excluding hydrogens is 586 g/mol. The third-order valence-electron chi connectivity index (χ3n) is 8.68. The van der Waals surface area contributed by atoms with E-state index in [4.69, 9.17) is 10.7 Å². The van der Waals surface area contributed by atoms with Gasteiger partial charge in [0.05, 0.1) is 41.4 Å². The lowest BCUT2D eigenvalue weighted by Crippen LogP contribution is -2.55. The highest BCUT2D eigenvalue weighted by atomic mass is 16.4. The number of nitrogens with one attached hydrogen (secondary N) is 1. The number of nitrogens with zero attached hydrogens (tertiary/aromatic N) is 5. The van der Waals surface area contributed by atoms with E-state index in [1.54, 1.807) is 35.4 Å². The molecule has 0 radical (unpaired) electrons. The average molecular weight is 624 g/mol. The molecule has 2 fully saturated rings. The molecule has 3 atom stereocenters. The van der Waals surface area contributed by atoms with Crippen LogP contribution < -0.4 is 25.8 Å². The minimum Gasteiger partial charge on any atom is -0.465 e. The van der Waals surface area contributed by atoms with Crippen molar-refractivity contribution in [1.82, 2.24) is 9.97 Å². The SMILES string of the molecule is C[C@H]1CN(c2ccncc2NC(=O)c2nc3cc(N4CCCCC4=O)ccc3cc2N(Cc2ccccc2)C(=O)O)C[C@@H](N)[C@@H]1O. The number of pyridine rings is 2. The molecule has 0 saturated carbocycles. The standard InChI is InChI=1S/C34H37N7O5/c1-21-18-39(20-25(35)32(21)43)28-12-13-36-17-27(28)38-33(44)31-29(41(34(45)46)19-22-7-3-2-4-8-22)15-23-10-11-24(16-26(23)37-31)40-14-6-5-9-30(40)42/h2-4,7-8,10-13,15-17,21,25,32,43H,5-6,9,14,18-20,35H2,1H3,(H,38,44)(H,45,46)/t21-,25+,32+/m0/s1. The summed E-state index contributed by atoms with van der Waals surface area (Å²) in [6, 6.07) is 17.4. The molecule has 0 bridgehead atoms. The van der Waals surface area contributed by atoms with Crippen LogP contribution in [0.1, 0.15) is 42.2 Å². The third kappa shape index (κ3) is 6.35. The predicted molar refractivity (Wildman–Crippen MR) is 176 cm³/mol. The van der Waals surface area contributed by atoms with Crippen LogP contribution in [-0.4, -0.2) is 69.9 Å². The second-order valence-electron chi connectivity index (χ2n) is 12.0. The summed E-state index contributed by atoms with van der Waals surface area (Å²) in [6.45, 7) is 3.40. The number of nitrogens with two attached hydrogens (primary N) is 1. The number of carbonyl (C=O) groups is 3. The Labute approximate surface area is 266 Å². The van der Waals surface area contributed by atoms with Gasteiger partial charge in [-0.1, -0.05) is 43.3 Å². The van der Waals surface area contributed by atoms with E-state index in [9.17, 15) is 24.6 Å². The fourth-order valence-electron chi connectivity index (χ4n) is 6.24. The molecule has 0 aliphatic carbocycles. The van der Waals surface area contributed by atoms with Crippen molar-refractivity contribution in [1.29, 1.82) is 0 Å². The van der Waals surface area contributed by atoms with Crippen LogP contribution in [0.3, 0.4) is 0 Å². The van der Waals surface area contributed by atoms with Crippen molar-refractivity contribution in [2.45, 2.75) is 44.9 Å². The van der Waals surface area contributed by atoms with Crippen molar-refractivity contribution < 1.29 is 24.6 Å². The quantitative estimate of drug-likeness (QED) is 0.236. The van der Waals surface area contributed by atoms with Crippen LogP contribution >= 0.6 is 0 Å². The Morgan fingerprint density at radius 3 is 2.63 bits per heavy atom. The van der Waals surface area contributed by atoms with Gasteiger partial charge in [0.1, 0.15) is 0 Å². The van der Waals surface area contributed by atoms with Gasteiger partial charge in [0.2, 0.25) is 5.91 Å². The zero-order valence-corrected chi connectivity index (χ0v) is 25.5. The van der Waals surface area contributed by atoms with E-state index >= 15 is 0 Å². The van der Waals surface area contributed by atoms with Gasteiger partial charge in [-0.2, -0.15) is 0 Å². The molecule has 6 rings (SSSR count). The van der Waals surface area contributed by atoms with E-state index in [-0.39, 0.29) is 29.8 Å². The van der Waals surface area contributed by atoms with Gasteiger partial charge in [-0.3, -0.25) is 19.5 Å². The number of fused-ring (bicyclic) bond motifs is 1. The number of anilines is 4. The number of carboxylic acid groups (broad SMARTS) is 1. The Morgan fingerprint density at radius 2 is 1.89 bits per heavy atom. The Balaban J connectivity index is 1.41. The predicted octanol–water partition coefficient (Wildman–Crippen LogP) is 4.23. The van der Waals surface area contributed by atoms with Crippen LogP contribution in [0, 0.1) is 5.92 Å². The van der Waals surface area contributed by atoms with Gasteiger partial charge in [-0.15, -0.1) is 0 Å². The highest BCUT2D eigenvalue weighted by molar-refractivity contribution is 6.11. The molecule has 46 heavy (non-hydrogen) atoms. The minimum absolute atomic E-state index is 0.00593. The summed E-state index contributed by atoms with van der Waals surface area (Å²) in [5.41, 5.74) is 9.17. The lowest BCUT2D eigenvalue weighted by atomic mass is 9.92. The van der Waals surface area contributed by atoms with E-state index in [1.807, 2.05) is 48.2 Å². The molecule has 238 valence electrons. The number of carbonyl (C=O) groups excluding carboxylic acids is 2. The van der Waals surface area contributed by atoms with Gasteiger partial charge in [-0.25, -0.2) is 9.78 Å². The first kappa shape index (κ1) is 30.9. The lowest BCUT2D eigenvalue weighted by molar-refractivity contribution is -0.119. The number of piperidine rings is 2. The normalized spacial score (nSPS) is 20.1. The zero-order valence-electron chi connectivity index (χ0n) is 25.5. The molecule has 4 heterocycles. The maximum Gasteiger partial charge on any atom is 0.412 e. The maximum atomic E-state index is 14.1. The Kier molecular flexibility index (Phi) is 8.82. The van der Waals surface area contributed by atoms with E-state index in [2.05, 4.69) is 10.3 Å². The van der Waals surface area contributed by atoms with Crippen LogP contribution in [0.5, 0.6) is 0 Å². The van der Waals surface area contributed by atoms with Crippen molar-refractivity contribution in [2.24, 2.45) is 11.7 Å². The van der Waals surface area contributed by atoms with Crippen molar-refractivity contribution in [2.75, 3.05) is 39.7 Å². The van der Waals surface area contributed by atoms with E-state index < -0.39 is 24.1 Å². The second-order valence-corrected chi connectivity index (χ2v) is 12.0. The first-order valence-corrected chi connectivity index (χ1v) is 15.4. The molecule has 3 amide bonds. The number of benzene rings is 2. The summed E-state index contributed by atoms with van der Waals surface area (Å²) < 4.78 is 0. The van der Waals surface area contributed by atoms with Crippen molar-refractivity contribution in [3.05, 3.63) is 84.3 Å². The molecule has 0 unspecified atom stereocenters. The number of hydrogen-bond acceptors (Lipinski definition) is 8. The van der Waals surface area contributed by atoms with Crippen molar-refractivity contribution in [3.63, 3.8) is 0 Å². The first-order valence-electron chi connectivity index (χ1n) is 15.4. The highest BCUT2D eigenvalue weighted by Crippen LogP contribution is 2.33. The summed E-state index contributed by atoms with van der Waals surface area (Å²) in [7, 11) is 0.